The van der Waals surface area contributed by atoms with Crippen molar-refractivity contribution in [1.29, 1.82) is 0 Å². The molecule has 6 heteroatoms. The maximum atomic E-state index is 12.2. The summed E-state index contributed by atoms with van der Waals surface area (Å²) in [6.45, 7) is 0. The number of hydrogen-bond donors (Lipinski definition) is 2. The van der Waals surface area contributed by atoms with Crippen LogP contribution in [0.15, 0.2) is 10.9 Å². The number of halogens is 3. The Balaban J connectivity index is 3.33. The van der Waals surface area contributed by atoms with Crippen LogP contribution in [0.1, 0.15) is 17.8 Å². The number of alkyl halides is 3. The van der Waals surface area contributed by atoms with Gasteiger partial charge < -0.3 is 10.7 Å². The van der Waals surface area contributed by atoms with Crippen molar-refractivity contribution in [3.63, 3.8) is 0 Å². The lowest BCUT2D eigenvalue weighted by atomic mass is 10.2. The van der Waals surface area contributed by atoms with Crippen molar-refractivity contribution in [3.05, 3.63) is 27.7 Å². The average molecular weight is 209 g/mol. The van der Waals surface area contributed by atoms with E-state index in [0.717, 1.165) is 6.07 Å². The fraction of sp³-hybridized carbons (Fsp3) is 0.286. The van der Waals surface area contributed by atoms with Gasteiger partial charge in [-0.1, -0.05) is 0 Å². The molecular formula is C7H7ClF2N2O. The Bertz CT molecular complexity index is 364. The fourth-order valence-electron chi connectivity index (χ4n) is 0.889. The molecule has 1 heterocycles. The molecule has 0 aromatic carbocycles. The fourth-order valence-corrected chi connectivity index (χ4v) is 1.03. The maximum Gasteiger partial charge on any atom is 0.280 e. The molecule has 3 nitrogen and oxygen atoms in total. The van der Waals surface area contributed by atoms with E-state index in [-0.39, 0.29) is 11.6 Å². The molecule has 0 radical (unpaired) electrons. The van der Waals surface area contributed by atoms with E-state index in [9.17, 15) is 13.6 Å². The lowest BCUT2D eigenvalue weighted by Gasteiger charge is -2.05. The van der Waals surface area contributed by atoms with Crippen molar-refractivity contribution in [1.82, 2.24) is 4.98 Å². The number of hydrogen-bond acceptors (Lipinski definition) is 2. The molecule has 1 aromatic heterocycles. The summed E-state index contributed by atoms with van der Waals surface area (Å²) in [4.78, 5) is 13.3. The SMILES string of the molecule is Nc1c(C(F)F)[nH]c(CCl)cc1=O. The van der Waals surface area contributed by atoms with Crippen molar-refractivity contribution >= 4 is 17.3 Å². The largest absolute Gasteiger partial charge is 0.394 e. The molecule has 0 aliphatic rings. The standard InChI is InChI=1S/C7H7ClF2N2O/c8-2-3-1-4(13)5(11)6(12-3)7(9)10/h1,7H,2,11H2,(H,12,13). The molecule has 0 aliphatic heterocycles. The molecule has 0 bridgehead atoms. The minimum atomic E-state index is -2.80. The molecule has 0 amide bonds. The molecule has 0 unspecified atom stereocenters. The number of pyridine rings is 1. The van der Waals surface area contributed by atoms with Gasteiger partial charge in [0.1, 0.15) is 11.4 Å². The Labute approximate surface area is 77.5 Å². The van der Waals surface area contributed by atoms with Gasteiger partial charge in [-0.15, -0.1) is 11.6 Å². The summed E-state index contributed by atoms with van der Waals surface area (Å²) < 4.78 is 24.5. The van der Waals surface area contributed by atoms with E-state index in [0.29, 0.717) is 0 Å². The Morgan fingerprint density at radius 1 is 1.62 bits per heavy atom. The second-order valence-corrected chi connectivity index (χ2v) is 2.69. The van der Waals surface area contributed by atoms with Gasteiger partial charge >= 0.3 is 0 Å². The second kappa shape index (κ2) is 3.74. The number of nitrogens with two attached hydrogens (primary N) is 1. The Morgan fingerprint density at radius 3 is 2.69 bits per heavy atom. The third kappa shape index (κ3) is 1.98. The summed E-state index contributed by atoms with van der Waals surface area (Å²) in [5.74, 6) is -0.0325. The summed E-state index contributed by atoms with van der Waals surface area (Å²) in [7, 11) is 0. The molecule has 0 fully saturated rings. The van der Waals surface area contributed by atoms with Crippen LogP contribution in [0.2, 0.25) is 0 Å². The van der Waals surface area contributed by atoms with Crippen molar-refractivity contribution in [3.8, 4) is 0 Å². The molecular weight excluding hydrogens is 202 g/mol. The number of aromatic nitrogens is 1. The summed E-state index contributed by atoms with van der Waals surface area (Å²) in [6, 6.07) is 1.11. The summed E-state index contributed by atoms with van der Waals surface area (Å²) in [5.41, 5.74) is 3.72. The van der Waals surface area contributed by atoms with Crippen molar-refractivity contribution in [2.75, 3.05) is 5.73 Å². The first kappa shape index (κ1) is 9.98. The number of anilines is 1. The van der Waals surface area contributed by atoms with Crippen LogP contribution >= 0.6 is 11.6 Å². The van der Waals surface area contributed by atoms with Gasteiger partial charge in [-0.2, -0.15) is 0 Å². The van der Waals surface area contributed by atoms with E-state index < -0.39 is 23.2 Å². The number of nitrogens with one attached hydrogen (secondary N) is 1. The first-order valence-corrected chi connectivity index (χ1v) is 3.95. The van der Waals surface area contributed by atoms with E-state index in [2.05, 4.69) is 4.98 Å². The first-order chi connectivity index (χ1) is 6.06. The predicted molar refractivity (Wildman–Crippen MR) is 46.0 cm³/mol. The van der Waals surface area contributed by atoms with Gasteiger partial charge in [0.2, 0.25) is 5.43 Å². The topological polar surface area (TPSA) is 58.9 Å². The van der Waals surface area contributed by atoms with Crippen LogP contribution in [0.5, 0.6) is 0 Å². The minimum Gasteiger partial charge on any atom is -0.394 e. The van der Waals surface area contributed by atoms with E-state index >= 15 is 0 Å². The van der Waals surface area contributed by atoms with E-state index in [1.165, 1.54) is 0 Å². The maximum absolute atomic E-state index is 12.2. The van der Waals surface area contributed by atoms with Crippen molar-refractivity contribution < 1.29 is 8.78 Å². The zero-order valence-electron chi connectivity index (χ0n) is 6.48. The van der Waals surface area contributed by atoms with Crippen LogP contribution in [0.3, 0.4) is 0 Å². The molecule has 1 aromatic rings. The highest BCUT2D eigenvalue weighted by Gasteiger charge is 2.14. The quantitative estimate of drug-likeness (QED) is 0.726. The predicted octanol–water partition coefficient (Wildman–Crippen LogP) is 1.63. The third-order valence-corrected chi connectivity index (χ3v) is 1.81. The van der Waals surface area contributed by atoms with Crippen LogP contribution < -0.4 is 11.2 Å². The molecule has 0 aliphatic carbocycles. The van der Waals surface area contributed by atoms with Crippen LogP contribution in [0.4, 0.5) is 14.5 Å². The zero-order valence-corrected chi connectivity index (χ0v) is 7.24. The Hall–Kier alpha value is -1.10. The molecule has 3 N–H and O–H groups in total. The lowest BCUT2D eigenvalue weighted by Crippen LogP contribution is -2.14. The highest BCUT2D eigenvalue weighted by atomic mass is 35.5. The molecule has 1 rings (SSSR count). The smallest absolute Gasteiger partial charge is 0.280 e. The van der Waals surface area contributed by atoms with Gasteiger partial charge in [-0.25, -0.2) is 8.78 Å². The number of aromatic amines is 1. The average Bonchev–Trinajstić information content (AvgIpc) is 2.09. The van der Waals surface area contributed by atoms with Crippen molar-refractivity contribution in [2.45, 2.75) is 12.3 Å². The van der Waals surface area contributed by atoms with Gasteiger partial charge in [0.05, 0.1) is 5.88 Å². The van der Waals surface area contributed by atoms with Gasteiger partial charge in [0.15, 0.2) is 0 Å². The molecule has 72 valence electrons. The van der Waals surface area contributed by atoms with E-state index in [1.54, 1.807) is 0 Å². The number of H-pyrrole nitrogens is 1. The van der Waals surface area contributed by atoms with E-state index in [1.807, 2.05) is 0 Å². The van der Waals surface area contributed by atoms with Gasteiger partial charge in [-0.3, -0.25) is 4.79 Å². The van der Waals surface area contributed by atoms with Crippen LogP contribution in [-0.4, -0.2) is 4.98 Å². The molecule has 0 spiro atoms. The van der Waals surface area contributed by atoms with Crippen LogP contribution in [0, 0.1) is 0 Å². The highest BCUT2D eigenvalue weighted by molar-refractivity contribution is 6.16. The van der Waals surface area contributed by atoms with Crippen LogP contribution in [0.25, 0.3) is 0 Å². The Kier molecular flexibility index (Phi) is 2.87. The van der Waals surface area contributed by atoms with Gasteiger partial charge in [0.25, 0.3) is 6.43 Å². The normalized spacial score (nSPS) is 10.8. The first-order valence-electron chi connectivity index (χ1n) is 3.42. The second-order valence-electron chi connectivity index (χ2n) is 2.42. The molecule has 0 atom stereocenters. The zero-order chi connectivity index (χ0) is 10.0. The highest BCUT2D eigenvalue weighted by Crippen LogP contribution is 2.20. The summed E-state index contributed by atoms with van der Waals surface area (Å²) >= 11 is 5.37. The minimum absolute atomic E-state index is 0.0325. The summed E-state index contributed by atoms with van der Waals surface area (Å²) in [5, 5.41) is 0. The van der Waals surface area contributed by atoms with E-state index in [4.69, 9.17) is 17.3 Å². The van der Waals surface area contributed by atoms with Crippen LogP contribution in [-0.2, 0) is 5.88 Å². The molecule has 0 saturated heterocycles. The molecule has 0 saturated carbocycles. The monoisotopic (exact) mass is 208 g/mol. The van der Waals surface area contributed by atoms with Gasteiger partial charge in [0, 0.05) is 11.8 Å². The lowest BCUT2D eigenvalue weighted by molar-refractivity contribution is 0.146. The number of rotatable bonds is 2. The van der Waals surface area contributed by atoms with Crippen molar-refractivity contribution in [2.24, 2.45) is 0 Å². The molecule has 13 heavy (non-hydrogen) atoms. The Morgan fingerprint density at radius 2 is 2.23 bits per heavy atom. The third-order valence-electron chi connectivity index (χ3n) is 1.52. The van der Waals surface area contributed by atoms with Gasteiger partial charge in [-0.05, 0) is 0 Å². The number of nitrogen functional groups attached to an aromatic ring is 1. The summed E-state index contributed by atoms with van der Waals surface area (Å²) in [6.07, 6.45) is -2.80.